The maximum Gasteiger partial charge on any atom is 0.349 e. The molecule has 0 aliphatic heterocycles. The maximum atomic E-state index is 13.3. The largest absolute Gasteiger partial charge is 0.478 e. The molecule has 1 N–H and O–H groups in total. The fourth-order valence-corrected chi connectivity index (χ4v) is 6.17. The van der Waals surface area contributed by atoms with Crippen molar-refractivity contribution in [3.05, 3.63) is 74.7 Å². The molecule has 8 heteroatoms. The number of aromatic nitrogens is 2. The van der Waals surface area contributed by atoms with Gasteiger partial charge in [-0.3, -0.25) is 9.13 Å². The molecule has 0 saturated carbocycles. The second kappa shape index (κ2) is 12.4. The van der Waals surface area contributed by atoms with Crippen LogP contribution in [0.25, 0.3) is 11.0 Å². The third-order valence-electron chi connectivity index (χ3n) is 7.35. The van der Waals surface area contributed by atoms with E-state index in [4.69, 9.17) is 29.2 Å². The summed E-state index contributed by atoms with van der Waals surface area (Å²) in [5.74, 6) is -0.425. The zero-order valence-corrected chi connectivity index (χ0v) is 24.7. The van der Waals surface area contributed by atoms with Crippen LogP contribution in [0, 0.1) is 0 Å². The van der Waals surface area contributed by atoms with Gasteiger partial charge in [0.15, 0.2) is 0 Å². The van der Waals surface area contributed by atoms with Crippen molar-refractivity contribution < 1.29 is 14.6 Å². The van der Waals surface area contributed by atoms with Crippen molar-refractivity contribution in [2.45, 2.75) is 85.4 Å². The number of thiocarbonyl (C=S) groups is 2. The van der Waals surface area contributed by atoms with Crippen LogP contribution in [0.1, 0.15) is 70.1 Å². The van der Waals surface area contributed by atoms with Gasteiger partial charge in [-0.15, -0.1) is 0 Å². The first-order chi connectivity index (χ1) is 18.7. The van der Waals surface area contributed by atoms with Gasteiger partial charge in [0.2, 0.25) is 6.10 Å². The average Bonchev–Trinajstić information content (AvgIpc) is 3.16. The average molecular weight is 565 g/mol. The molecule has 3 aromatic rings. The van der Waals surface area contributed by atoms with E-state index in [2.05, 4.69) is 26.0 Å². The number of carboxylic acids is 1. The van der Waals surface area contributed by atoms with Crippen LogP contribution < -0.4 is 10.4 Å². The van der Waals surface area contributed by atoms with Gasteiger partial charge < -0.3 is 9.84 Å². The van der Waals surface area contributed by atoms with Crippen molar-refractivity contribution in [2.75, 3.05) is 0 Å². The molecule has 1 aliphatic rings. The molecule has 0 spiro atoms. The summed E-state index contributed by atoms with van der Waals surface area (Å²) in [5.41, 5.74) is 6.12. The number of benzene rings is 2. The summed E-state index contributed by atoms with van der Waals surface area (Å²) < 4.78 is 10.0. The Balaban J connectivity index is 1.81. The number of hydrogen-bond acceptors (Lipinski definition) is 5. The van der Waals surface area contributed by atoms with Crippen LogP contribution in [0.15, 0.2) is 52.3 Å². The van der Waals surface area contributed by atoms with E-state index in [-0.39, 0.29) is 5.69 Å². The van der Waals surface area contributed by atoms with Crippen LogP contribution in [-0.4, -0.2) is 36.0 Å². The number of allylic oxidation sites excluding steroid dienone is 1. The molecular formula is C31H36N2O4S2. The van der Waals surface area contributed by atoms with Crippen LogP contribution in [0.3, 0.4) is 0 Å². The van der Waals surface area contributed by atoms with Crippen molar-refractivity contribution in [3.8, 4) is 5.75 Å². The molecule has 0 bridgehead atoms. The van der Waals surface area contributed by atoms with E-state index < -0.39 is 12.1 Å². The van der Waals surface area contributed by atoms with Crippen LogP contribution in [-0.2, 0) is 30.7 Å². The van der Waals surface area contributed by atoms with Crippen molar-refractivity contribution in [1.29, 1.82) is 0 Å². The third-order valence-corrected chi connectivity index (χ3v) is 8.08. The molecule has 39 heavy (non-hydrogen) atoms. The molecule has 206 valence electrons. The zero-order valence-electron chi connectivity index (χ0n) is 23.1. The Bertz CT molecular complexity index is 1500. The van der Waals surface area contributed by atoms with E-state index in [0.29, 0.717) is 42.1 Å². The summed E-state index contributed by atoms with van der Waals surface area (Å²) in [7, 11) is 0. The Morgan fingerprint density at radius 2 is 1.59 bits per heavy atom. The summed E-state index contributed by atoms with van der Waals surface area (Å²) in [6, 6.07) is 12.0. The van der Waals surface area contributed by atoms with Gasteiger partial charge in [0.1, 0.15) is 5.75 Å². The highest BCUT2D eigenvalue weighted by molar-refractivity contribution is 7.82. The monoisotopic (exact) mass is 564 g/mol. The van der Waals surface area contributed by atoms with E-state index in [9.17, 15) is 14.7 Å². The highest BCUT2D eigenvalue weighted by Gasteiger charge is 2.32. The topological polar surface area (TPSA) is 73.5 Å². The molecule has 1 unspecified atom stereocenters. The van der Waals surface area contributed by atoms with Gasteiger partial charge in [0.25, 0.3) is 0 Å². The van der Waals surface area contributed by atoms with Gasteiger partial charge in [-0.2, -0.15) is 0 Å². The second-order valence-electron chi connectivity index (χ2n) is 10.1. The summed E-state index contributed by atoms with van der Waals surface area (Å²) in [4.78, 5) is 27.2. The molecule has 2 aromatic carbocycles. The first kappa shape index (κ1) is 28.9. The third kappa shape index (κ3) is 5.92. The minimum atomic E-state index is -1.16. The lowest BCUT2D eigenvalue weighted by molar-refractivity contribution is -0.143. The number of aryl methyl sites for hydroxylation is 3. The second-order valence-corrected chi connectivity index (χ2v) is 11.2. The molecule has 1 heterocycles. The van der Waals surface area contributed by atoms with Gasteiger partial charge >= 0.3 is 11.7 Å². The van der Waals surface area contributed by atoms with Crippen LogP contribution >= 0.6 is 24.4 Å². The summed E-state index contributed by atoms with van der Waals surface area (Å²) in [6.45, 7) is 9.05. The molecular weight excluding hydrogens is 528 g/mol. The van der Waals surface area contributed by atoms with Crippen LogP contribution in [0.5, 0.6) is 5.75 Å². The number of nitrogens with zero attached hydrogens (tertiary/aromatic N) is 2. The number of para-hydroxylation sites is 2. The zero-order chi connectivity index (χ0) is 28.3. The van der Waals surface area contributed by atoms with Gasteiger partial charge in [-0.05, 0) is 66.7 Å². The van der Waals surface area contributed by atoms with E-state index >= 15 is 0 Å². The van der Waals surface area contributed by atoms with Gasteiger partial charge in [0, 0.05) is 29.1 Å². The molecule has 1 aromatic heterocycles. The highest BCUT2D eigenvalue weighted by Crippen LogP contribution is 2.34. The smallest absolute Gasteiger partial charge is 0.349 e. The highest BCUT2D eigenvalue weighted by atomic mass is 32.1. The molecule has 4 rings (SSSR count). The van der Waals surface area contributed by atoms with Crippen molar-refractivity contribution in [1.82, 2.24) is 9.13 Å². The molecule has 1 atom stereocenters. The first-order valence-corrected chi connectivity index (χ1v) is 14.5. The molecule has 0 fully saturated rings. The number of hydrogen-bond donors (Lipinski definition) is 1. The Hall–Kier alpha value is -3.10. The number of carbonyl (C=O) groups is 1. The van der Waals surface area contributed by atoms with Crippen molar-refractivity contribution in [2.24, 2.45) is 0 Å². The summed E-state index contributed by atoms with van der Waals surface area (Å²) >= 11 is 10.9. The lowest BCUT2D eigenvalue weighted by atomic mass is 9.88. The number of carboxylic acid groups (broad SMARTS) is 1. The Morgan fingerprint density at radius 1 is 1.00 bits per heavy atom. The Kier molecular flexibility index (Phi) is 9.18. The van der Waals surface area contributed by atoms with Crippen molar-refractivity contribution >= 4 is 51.2 Å². The number of aliphatic carboxylic acids is 1. The first-order valence-electron chi connectivity index (χ1n) is 13.7. The number of fused-ring (bicyclic) bond motifs is 1. The standard InChI is InChI=1S/C31H36N2O4S2/c1-5-10-21-14-20(18-33-26-13-9-8-12-25(26)32(7-3)31(33)36)15-22(11-6-2)28(21)37-29(30(34)35)24-16-23(38)17-27(39)19(24)4/h8-9,12-15,29H,5-7,10-11,16-18H2,1-4H3,(H,34,35). The van der Waals surface area contributed by atoms with E-state index in [1.165, 1.54) is 0 Å². The summed E-state index contributed by atoms with van der Waals surface area (Å²) in [5, 5.41) is 10.2. The minimum absolute atomic E-state index is 0.0364. The lowest BCUT2D eigenvalue weighted by Crippen LogP contribution is -2.34. The van der Waals surface area contributed by atoms with Gasteiger partial charge in [0.05, 0.1) is 17.6 Å². The molecule has 1 aliphatic carbocycles. The van der Waals surface area contributed by atoms with E-state index in [1.807, 2.05) is 42.7 Å². The number of rotatable bonds is 11. The number of ether oxygens (including phenoxy) is 1. The minimum Gasteiger partial charge on any atom is -0.478 e. The van der Waals surface area contributed by atoms with Crippen LogP contribution in [0.2, 0.25) is 0 Å². The molecule has 0 radical (unpaired) electrons. The van der Waals surface area contributed by atoms with Crippen LogP contribution in [0.4, 0.5) is 0 Å². The SMILES string of the molecule is CCCc1cc(Cn2c(=O)n(CC)c3ccccc32)cc(CCC)c1OC(C(=O)O)C1=C(C)C(=S)CC(=S)C1. The molecule has 0 saturated heterocycles. The predicted molar refractivity (Wildman–Crippen MR) is 165 cm³/mol. The maximum absolute atomic E-state index is 13.3. The number of imidazole rings is 1. The molecule has 6 nitrogen and oxygen atoms in total. The predicted octanol–water partition coefficient (Wildman–Crippen LogP) is 6.46. The van der Waals surface area contributed by atoms with E-state index in [1.54, 1.807) is 4.57 Å². The lowest BCUT2D eigenvalue weighted by Gasteiger charge is -2.27. The fourth-order valence-electron chi connectivity index (χ4n) is 5.47. The fraction of sp³-hybridized carbons (Fsp3) is 0.419. The van der Waals surface area contributed by atoms with Gasteiger partial charge in [-0.1, -0.05) is 75.4 Å². The summed E-state index contributed by atoms with van der Waals surface area (Å²) in [6.07, 6.45) is 2.97. The van der Waals surface area contributed by atoms with Crippen molar-refractivity contribution in [3.63, 3.8) is 0 Å². The van der Waals surface area contributed by atoms with Gasteiger partial charge in [-0.25, -0.2) is 9.59 Å². The van der Waals surface area contributed by atoms with E-state index in [0.717, 1.165) is 63.8 Å². The Labute approximate surface area is 240 Å². The normalized spacial score (nSPS) is 14.8. The quantitative estimate of drug-likeness (QED) is 0.270. The molecule has 0 amide bonds. The Morgan fingerprint density at radius 3 is 2.13 bits per heavy atom.